The van der Waals surface area contributed by atoms with Gasteiger partial charge in [-0.15, -0.1) is 0 Å². The van der Waals surface area contributed by atoms with Crippen LogP contribution in [0, 0.1) is 0 Å². The number of sulfonamides is 1. The zero-order chi connectivity index (χ0) is 14.0. The molecule has 19 heavy (non-hydrogen) atoms. The molecule has 1 atom stereocenters. The predicted octanol–water partition coefficient (Wildman–Crippen LogP) is 0.0486. The van der Waals surface area contributed by atoms with Crippen molar-refractivity contribution in [2.24, 2.45) is 0 Å². The minimum absolute atomic E-state index is 0.0163. The van der Waals surface area contributed by atoms with E-state index in [0.717, 1.165) is 0 Å². The molecule has 0 aliphatic carbocycles. The number of hydrogen-bond acceptors (Lipinski definition) is 5. The molecule has 1 aliphatic heterocycles. The summed E-state index contributed by atoms with van der Waals surface area (Å²) < 4.78 is 35.6. The summed E-state index contributed by atoms with van der Waals surface area (Å²) in [5, 5.41) is -0.265. The second-order valence-corrected chi connectivity index (χ2v) is 6.07. The molecule has 1 aliphatic rings. The molecule has 0 spiro atoms. The van der Waals surface area contributed by atoms with Gasteiger partial charge in [-0.2, -0.15) is 0 Å². The van der Waals surface area contributed by atoms with Gasteiger partial charge in [-0.25, -0.2) is 13.1 Å². The van der Waals surface area contributed by atoms with Crippen molar-refractivity contribution in [1.29, 1.82) is 0 Å². The maximum Gasteiger partial charge on any atom is 0.290 e. The Hall–Kier alpha value is -1.38. The van der Waals surface area contributed by atoms with Crippen molar-refractivity contribution in [3.63, 3.8) is 0 Å². The fraction of sp³-hybridized carbons (Fsp3) is 0.545. The van der Waals surface area contributed by atoms with Crippen LogP contribution in [-0.2, 0) is 14.8 Å². The summed E-state index contributed by atoms with van der Waals surface area (Å²) in [5.41, 5.74) is 0. The average molecular weight is 288 g/mol. The molecule has 7 nitrogen and oxygen atoms in total. The van der Waals surface area contributed by atoms with Gasteiger partial charge in [-0.1, -0.05) is 0 Å². The van der Waals surface area contributed by atoms with Gasteiger partial charge in [0.05, 0.1) is 19.3 Å². The molecule has 0 bridgehead atoms. The number of hydrogen-bond donors (Lipinski definition) is 1. The monoisotopic (exact) mass is 288 g/mol. The van der Waals surface area contributed by atoms with Gasteiger partial charge in [0.15, 0.2) is 5.76 Å². The molecule has 0 aromatic carbocycles. The minimum Gasteiger partial charge on any atom is -0.438 e. The number of rotatable bonds is 3. The van der Waals surface area contributed by atoms with E-state index in [1.54, 1.807) is 4.90 Å². The smallest absolute Gasteiger partial charge is 0.290 e. The van der Waals surface area contributed by atoms with E-state index in [4.69, 9.17) is 9.15 Å². The largest absolute Gasteiger partial charge is 0.438 e. The average Bonchev–Trinajstić information content (AvgIpc) is 2.89. The lowest BCUT2D eigenvalue weighted by Crippen LogP contribution is -2.47. The maximum atomic E-state index is 12.2. The van der Waals surface area contributed by atoms with Crippen molar-refractivity contribution in [3.8, 4) is 0 Å². The highest BCUT2D eigenvalue weighted by molar-refractivity contribution is 7.89. The van der Waals surface area contributed by atoms with E-state index in [9.17, 15) is 13.2 Å². The van der Waals surface area contributed by atoms with Crippen LogP contribution >= 0.6 is 0 Å². The summed E-state index contributed by atoms with van der Waals surface area (Å²) in [4.78, 5) is 13.8. The Bertz CT molecular complexity index is 565. The second kappa shape index (κ2) is 5.32. The fourth-order valence-electron chi connectivity index (χ4n) is 1.85. The number of furan rings is 1. The third-order valence-corrected chi connectivity index (χ3v) is 4.24. The van der Waals surface area contributed by atoms with Crippen molar-refractivity contribution in [3.05, 3.63) is 17.9 Å². The van der Waals surface area contributed by atoms with Gasteiger partial charge in [0, 0.05) is 6.54 Å². The number of nitrogens with one attached hydrogen (secondary N) is 1. The molecule has 1 saturated heterocycles. The first-order valence-corrected chi connectivity index (χ1v) is 7.36. The van der Waals surface area contributed by atoms with Gasteiger partial charge in [-0.05, 0) is 26.1 Å². The molecule has 106 valence electrons. The van der Waals surface area contributed by atoms with Crippen LogP contribution in [0.5, 0.6) is 0 Å². The van der Waals surface area contributed by atoms with E-state index in [1.165, 1.54) is 19.2 Å². The Morgan fingerprint density at radius 1 is 1.47 bits per heavy atom. The Labute approximate surface area is 111 Å². The molecule has 1 N–H and O–H groups in total. The zero-order valence-electron chi connectivity index (χ0n) is 10.8. The standard InChI is InChI=1S/C11H16N2O5S/c1-8-7-17-6-5-13(8)11(14)9-3-4-10(18-9)19(15,16)12-2/h3-4,8,12H,5-7H2,1-2H3/t8-/m1/s1. The van der Waals surface area contributed by atoms with E-state index in [-0.39, 0.29) is 22.8 Å². The minimum atomic E-state index is -3.67. The molecule has 0 unspecified atom stereocenters. The molecule has 1 amide bonds. The predicted molar refractivity (Wildman–Crippen MR) is 66.3 cm³/mol. The van der Waals surface area contributed by atoms with E-state index < -0.39 is 10.0 Å². The molecule has 0 saturated carbocycles. The van der Waals surface area contributed by atoms with Crippen LogP contribution < -0.4 is 4.72 Å². The van der Waals surface area contributed by atoms with Crippen LogP contribution in [0.2, 0.25) is 0 Å². The molecular formula is C11H16N2O5S. The number of nitrogens with zero attached hydrogens (tertiary/aromatic N) is 1. The van der Waals surface area contributed by atoms with Crippen LogP contribution in [0.1, 0.15) is 17.5 Å². The van der Waals surface area contributed by atoms with Gasteiger partial charge in [0.2, 0.25) is 5.09 Å². The van der Waals surface area contributed by atoms with E-state index in [1.807, 2.05) is 6.92 Å². The molecule has 2 rings (SSSR count). The van der Waals surface area contributed by atoms with Crippen LogP contribution in [0.25, 0.3) is 0 Å². The van der Waals surface area contributed by atoms with Crippen LogP contribution in [0.15, 0.2) is 21.6 Å². The highest BCUT2D eigenvalue weighted by Gasteiger charge is 2.28. The lowest BCUT2D eigenvalue weighted by atomic mass is 10.2. The Morgan fingerprint density at radius 2 is 2.21 bits per heavy atom. The first-order valence-electron chi connectivity index (χ1n) is 5.88. The van der Waals surface area contributed by atoms with E-state index in [0.29, 0.717) is 19.8 Å². The molecule has 2 heterocycles. The van der Waals surface area contributed by atoms with E-state index >= 15 is 0 Å². The molecule has 1 aromatic rings. The summed E-state index contributed by atoms with van der Waals surface area (Å²) in [6, 6.07) is 2.58. The topological polar surface area (TPSA) is 88.9 Å². The highest BCUT2D eigenvalue weighted by Crippen LogP contribution is 2.17. The normalized spacial score (nSPS) is 20.5. The van der Waals surface area contributed by atoms with Crippen LogP contribution in [0.3, 0.4) is 0 Å². The molecule has 1 fully saturated rings. The van der Waals surface area contributed by atoms with Crippen molar-refractivity contribution >= 4 is 15.9 Å². The van der Waals surface area contributed by atoms with Crippen molar-refractivity contribution < 1.29 is 22.4 Å². The Kier molecular flexibility index (Phi) is 3.93. The number of carbonyl (C=O) groups excluding carboxylic acids is 1. The Balaban J connectivity index is 2.21. The van der Waals surface area contributed by atoms with Gasteiger partial charge in [0.25, 0.3) is 15.9 Å². The van der Waals surface area contributed by atoms with Gasteiger partial charge < -0.3 is 14.1 Å². The van der Waals surface area contributed by atoms with Crippen molar-refractivity contribution in [2.75, 3.05) is 26.8 Å². The number of amides is 1. The highest BCUT2D eigenvalue weighted by atomic mass is 32.2. The SMILES string of the molecule is CNS(=O)(=O)c1ccc(C(=O)N2CCOC[C@H]2C)o1. The quantitative estimate of drug-likeness (QED) is 0.849. The first kappa shape index (κ1) is 14.0. The lowest BCUT2D eigenvalue weighted by molar-refractivity contribution is 0.00172. The third kappa shape index (κ3) is 2.80. The third-order valence-electron chi connectivity index (χ3n) is 2.95. The van der Waals surface area contributed by atoms with Gasteiger partial charge in [-0.3, -0.25) is 4.79 Å². The van der Waals surface area contributed by atoms with Gasteiger partial charge in [0.1, 0.15) is 0 Å². The van der Waals surface area contributed by atoms with Gasteiger partial charge >= 0.3 is 0 Å². The summed E-state index contributed by atoms with van der Waals surface area (Å²) >= 11 is 0. The summed E-state index contributed by atoms with van der Waals surface area (Å²) in [7, 11) is -2.39. The zero-order valence-corrected chi connectivity index (χ0v) is 11.6. The molecular weight excluding hydrogens is 272 g/mol. The first-order chi connectivity index (χ1) is 8.95. The van der Waals surface area contributed by atoms with Crippen molar-refractivity contribution in [2.45, 2.75) is 18.1 Å². The van der Waals surface area contributed by atoms with Crippen molar-refractivity contribution in [1.82, 2.24) is 9.62 Å². The molecule has 1 aromatic heterocycles. The summed E-state index contributed by atoms with van der Waals surface area (Å²) in [6.45, 7) is 3.27. The number of carbonyl (C=O) groups is 1. The fourth-order valence-corrected chi connectivity index (χ4v) is 2.50. The molecule has 0 radical (unpaired) electrons. The lowest BCUT2D eigenvalue weighted by Gasteiger charge is -2.32. The van der Waals surface area contributed by atoms with E-state index in [2.05, 4.69) is 4.72 Å². The number of morpholine rings is 1. The van der Waals surface area contributed by atoms with Crippen LogP contribution in [0.4, 0.5) is 0 Å². The summed E-state index contributed by atoms with van der Waals surface area (Å²) in [5.74, 6) is -0.309. The Morgan fingerprint density at radius 3 is 2.84 bits per heavy atom. The maximum absolute atomic E-state index is 12.2. The summed E-state index contributed by atoms with van der Waals surface area (Å²) in [6.07, 6.45) is 0. The number of ether oxygens (including phenoxy) is 1. The molecule has 8 heteroatoms. The second-order valence-electron chi connectivity index (χ2n) is 4.25. The van der Waals surface area contributed by atoms with Crippen LogP contribution in [-0.4, -0.2) is 52.1 Å².